The first kappa shape index (κ1) is 16.3. The van der Waals surface area contributed by atoms with E-state index in [1.54, 1.807) is 32.4 Å². The van der Waals surface area contributed by atoms with Crippen LogP contribution in [0.25, 0.3) is 0 Å². The Bertz CT molecular complexity index is 620. The summed E-state index contributed by atoms with van der Waals surface area (Å²) in [4.78, 5) is 0. The summed E-state index contributed by atoms with van der Waals surface area (Å²) in [7, 11) is 3.17. The predicted molar refractivity (Wildman–Crippen MR) is 88.6 cm³/mol. The molecular weight excluding hydrogens is 304 g/mol. The molecule has 0 aliphatic heterocycles. The molecule has 0 saturated heterocycles. The van der Waals surface area contributed by atoms with E-state index in [2.05, 4.69) is 5.32 Å². The zero-order valence-corrected chi connectivity index (χ0v) is 13.3. The van der Waals surface area contributed by atoms with Crippen molar-refractivity contribution in [2.75, 3.05) is 37.7 Å². The van der Waals surface area contributed by atoms with Gasteiger partial charge in [0.15, 0.2) is 0 Å². The summed E-state index contributed by atoms with van der Waals surface area (Å²) in [6.07, 6.45) is 0. The van der Waals surface area contributed by atoms with Gasteiger partial charge in [-0.3, -0.25) is 10.3 Å². The third-order valence-corrected chi connectivity index (χ3v) is 3.27. The summed E-state index contributed by atoms with van der Waals surface area (Å²) >= 11 is 5.98. The van der Waals surface area contributed by atoms with Gasteiger partial charge in [-0.25, -0.2) is 0 Å². The minimum Gasteiger partial charge on any atom is -0.497 e. The predicted octanol–water partition coefficient (Wildman–Crippen LogP) is 3.66. The molecule has 0 bridgehead atoms. The van der Waals surface area contributed by atoms with Gasteiger partial charge >= 0.3 is 0 Å². The Morgan fingerprint density at radius 1 is 1.18 bits per heavy atom. The summed E-state index contributed by atoms with van der Waals surface area (Å²) in [5.41, 5.74) is 1.39. The number of methoxy groups -OCH3 is 1. The van der Waals surface area contributed by atoms with E-state index in [1.807, 2.05) is 24.3 Å². The Morgan fingerprint density at radius 2 is 1.95 bits per heavy atom. The smallest absolute Gasteiger partial charge is 0.123 e. The van der Waals surface area contributed by atoms with Gasteiger partial charge in [0, 0.05) is 24.7 Å². The van der Waals surface area contributed by atoms with E-state index in [0.717, 1.165) is 22.2 Å². The monoisotopic (exact) mass is 322 g/mol. The van der Waals surface area contributed by atoms with Crippen molar-refractivity contribution in [2.45, 2.75) is 0 Å². The van der Waals surface area contributed by atoms with E-state index < -0.39 is 0 Å². The SMILES string of the molecule is COc1cccc(OCCNc2cc(Cl)ccc2N(C)O)c1. The molecule has 0 aliphatic rings. The van der Waals surface area contributed by atoms with Crippen LogP contribution in [0.2, 0.25) is 5.02 Å². The molecule has 2 aromatic rings. The van der Waals surface area contributed by atoms with Crippen molar-refractivity contribution in [1.29, 1.82) is 0 Å². The number of benzene rings is 2. The van der Waals surface area contributed by atoms with Crippen LogP contribution in [-0.2, 0) is 0 Å². The van der Waals surface area contributed by atoms with Crippen molar-refractivity contribution in [3.8, 4) is 11.5 Å². The van der Waals surface area contributed by atoms with Gasteiger partial charge in [-0.05, 0) is 30.3 Å². The van der Waals surface area contributed by atoms with Crippen LogP contribution in [0.1, 0.15) is 0 Å². The van der Waals surface area contributed by atoms with Crippen molar-refractivity contribution < 1.29 is 14.7 Å². The van der Waals surface area contributed by atoms with Crippen molar-refractivity contribution >= 4 is 23.0 Å². The van der Waals surface area contributed by atoms with Crippen LogP contribution >= 0.6 is 11.6 Å². The lowest BCUT2D eigenvalue weighted by Gasteiger charge is -2.17. The average Bonchev–Trinajstić information content (AvgIpc) is 2.51. The van der Waals surface area contributed by atoms with Crippen molar-refractivity contribution in [2.24, 2.45) is 0 Å². The number of hydrogen-bond donors (Lipinski definition) is 2. The molecule has 0 amide bonds. The zero-order valence-electron chi connectivity index (χ0n) is 12.5. The van der Waals surface area contributed by atoms with Crippen LogP contribution in [0, 0.1) is 0 Å². The van der Waals surface area contributed by atoms with E-state index >= 15 is 0 Å². The van der Waals surface area contributed by atoms with E-state index in [-0.39, 0.29) is 0 Å². The average molecular weight is 323 g/mol. The maximum Gasteiger partial charge on any atom is 0.123 e. The first-order chi connectivity index (χ1) is 10.6. The standard InChI is InChI=1S/C16H19ClN2O3/c1-19(20)16-7-6-12(17)10-15(16)18-8-9-22-14-5-3-4-13(11-14)21-2/h3-7,10-11,18,20H,8-9H2,1-2H3. The highest BCUT2D eigenvalue weighted by atomic mass is 35.5. The van der Waals surface area contributed by atoms with Gasteiger partial charge in [-0.2, -0.15) is 0 Å². The van der Waals surface area contributed by atoms with Gasteiger partial charge in [0.25, 0.3) is 0 Å². The molecule has 0 unspecified atom stereocenters. The third-order valence-electron chi connectivity index (χ3n) is 3.03. The fraction of sp³-hybridized carbons (Fsp3) is 0.250. The van der Waals surface area contributed by atoms with Crippen LogP contribution in [0.5, 0.6) is 11.5 Å². The second-order valence-electron chi connectivity index (χ2n) is 4.64. The molecule has 0 saturated carbocycles. The van der Waals surface area contributed by atoms with Crippen LogP contribution in [-0.4, -0.2) is 32.5 Å². The largest absolute Gasteiger partial charge is 0.497 e. The molecule has 22 heavy (non-hydrogen) atoms. The van der Waals surface area contributed by atoms with E-state index in [0.29, 0.717) is 23.9 Å². The summed E-state index contributed by atoms with van der Waals surface area (Å²) < 4.78 is 10.8. The number of nitrogens with one attached hydrogen (secondary N) is 1. The fourth-order valence-electron chi connectivity index (χ4n) is 1.98. The highest BCUT2D eigenvalue weighted by Crippen LogP contribution is 2.27. The van der Waals surface area contributed by atoms with Gasteiger partial charge in [-0.1, -0.05) is 17.7 Å². The number of rotatable bonds is 7. The number of nitrogens with zero attached hydrogens (tertiary/aromatic N) is 1. The van der Waals surface area contributed by atoms with Gasteiger partial charge in [0.1, 0.15) is 18.1 Å². The zero-order chi connectivity index (χ0) is 15.9. The fourth-order valence-corrected chi connectivity index (χ4v) is 2.15. The van der Waals surface area contributed by atoms with E-state index in [9.17, 15) is 5.21 Å². The lowest BCUT2D eigenvalue weighted by Crippen LogP contribution is -2.16. The topological polar surface area (TPSA) is 54.0 Å². The Balaban J connectivity index is 1.90. The molecule has 5 nitrogen and oxygen atoms in total. The molecule has 2 rings (SSSR count). The molecule has 118 valence electrons. The van der Waals surface area contributed by atoms with Gasteiger partial charge in [0.05, 0.1) is 18.5 Å². The molecule has 2 N–H and O–H groups in total. The Labute approximate surface area is 135 Å². The molecule has 0 fully saturated rings. The Kier molecular flexibility index (Phi) is 5.75. The third kappa shape index (κ3) is 4.44. The maximum atomic E-state index is 9.59. The molecule has 0 spiro atoms. The van der Waals surface area contributed by atoms with Gasteiger partial charge in [0.2, 0.25) is 0 Å². The molecule has 6 heteroatoms. The van der Waals surface area contributed by atoms with Crippen LogP contribution in [0.4, 0.5) is 11.4 Å². The number of ether oxygens (including phenoxy) is 2. The molecule has 0 aromatic heterocycles. The van der Waals surface area contributed by atoms with Crippen LogP contribution in [0.3, 0.4) is 0 Å². The molecule has 2 aromatic carbocycles. The summed E-state index contributed by atoms with van der Waals surface area (Å²) in [5, 5.41) is 14.4. The normalized spacial score (nSPS) is 10.2. The number of anilines is 2. The molecular formula is C16H19ClN2O3. The summed E-state index contributed by atoms with van der Waals surface area (Å²) in [5.74, 6) is 1.50. The lowest BCUT2D eigenvalue weighted by atomic mass is 10.2. The first-order valence-electron chi connectivity index (χ1n) is 6.83. The highest BCUT2D eigenvalue weighted by Gasteiger charge is 2.06. The highest BCUT2D eigenvalue weighted by molar-refractivity contribution is 6.31. The van der Waals surface area contributed by atoms with Crippen molar-refractivity contribution in [3.63, 3.8) is 0 Å². The number of hydrogen-bond acceptors (Lipinski definition) is 5. The second kappa shape index (κ2) is 7.77. The molecule has 0 radical (unpaired) electrons. The van der Waals surface area contributed by atoms with Gasteiger partial charge < -0.3 is 14.8 Å². The quantitative estimate of drug-likeness (QED) is 0.602. The number of halogens is 1. The van der Waals surface area contributed by atoms with E-state index in [1.165, 1.54) is 0 Å². The second-order valence-corrected chi connectivity index (χ2v) is 5.08. The van der Waals surface area contributed by atoms with Crippen LogP contribution < -0.4 is 19.9 Å². The lowest BCUT2D eigenvalue weighted by molar-refractivity contribution is 0.279. The first-order valence-corrected chi connectivity index (χ1v) is 7.21. The van der Waals surface area contributed by atoms with E-state index in [4.69, 9.17) is 21.1 Å². The van der Waals surface area contributed by atoms with Crippen LogP contribution in [0.15, 0.2) is 42.5 Å². The minimum atomic E-state index is 0.467. The summed E-state index contributed by atoms with van der Waals surface area (Å²) in [6.45, 7) is 1.03. The van der Waals surface area contributed by atoms with Crippen molar-refractivity contribution in [3.05, 3.63) is 47.5 Å². The van der Waals surface area contributed by atoms with Gasteiger partial charge in [-0.15, -0.1) is 0 Å². The molecule has 0 atom stereocenters. The maximum absolute atomic E-state index is 9.59. The Morgan fingerprint density at radius 3 is 2.68 bits per heavy atom. The molecule has 0 aliphatic carbocycles. The minimum absolute atomic E-state index is 0.467. The molecule has 0 heterocycles. The number of hydroxylamine groups is 1. The summed E-state index contributed by atoms with van der Waals surface area (Å²) in [6, 6.07) is 12.7. The van der Waals surface area contributed by atoms with Crippen molar-refractivity contribution in [1.82, 2.24) is 0 Å². The Hall–Kier alpha value is -2.11.